The number of carboxylic acids is 1. The van der Waals surface area contributed by atoms with Crippen molar-refractivity contribution in [1.29, 1.82) is 0 Å². The normalized spacial score (nSPS) is 10.2. The van der Waals surface area contributed by atoms with Gasteiger partial charge in [0.05, 0.1) is 23.5 Å². The van der Waals surface area contributed by atoms with E-state index in [1.165, 1.54) is 30.3 Å². The number of para-hydroxylation sites is 1. The second-order valence-electron chi connectivity index (χ2n) is 4.24. The fraction of sp³-hybridized carbons (Fsp3) is 0.0667. The lowest BCUT2D eigenvalue weighted by atomic mass is 10.1. The second kappa shape index (κ2) is 6.15. The van der Waals surface area contributed by atoms with E-state index in [4.69, 9.17) is 5.73 Å². The number of halogens is 1. The number of carboxylic acid groups (broad SMARTS) is 1. The van der Waals surface area contributed by atoms with Crippen LogP contribution < -0.4 is 10.6 Å². The van der Waals surface area contributed by atoms with Gasteiger partial charge in [-0.2, -0.15) is 0 Å². The molecule has 3 N–H and O–H groups in total. The summed E-state index contributed by atoms with van der Waals surface area (Å²) in [6.45, 7) is -0.329. The molecule has 0 heterocycles. The number of carbonyl (C=O) groups is 2. The summed E-state index contributed by atoms with van der Waals surface area (Å²) >= 11 is 0. The number of amides is 1. The van der Waals surface area contributed by atoms with E-state index in [1.54, 1.807) is 12.1 Å². The predicted molar refractivity (Wildman–Crippen MR) is 76.0 cm³/mol. The lowest BCUT2D eigenvalue weighted by molar-refractivity contribution is -0.116. The monoisotopic (exact) mass is 288 g/mol. The molecule has 0 fully saturated rings. The average molecular weight is 288 g/mol. The molecule has 21 heavy (non-hydrogen) atoms. The molecule has 1 amide bonds. The van der Waals surface area contributed by atoms with Crippen molar-refractivity contribution in [3.63, 3.8) is 0 Å². The van der Waals surface area contributed by atoms with Gasteiger partial charge in [0.2, 0.25) is 5.91 Å². The minimum Gasteiger partial charge on any atom is -0.478 e. The highest BCUT2D eigenvalue weighted by Gasteiger charge is 2.22. The Balaban J connectivity index is 2.62. The number of nitrogens with zero attached hydrogens (tertiary/aromatic N) is 1. The van der Waals surface area contributed by atoms with Gasteiger partial charge < -0.3 is 10.8 Å². The van der Waals surface area contributed by atoms with Crippen LogP contribution in [0.2, 0.25) is 0 Å². The Morgan fingerprint density at radius 3 is 2.48 bits per heavy atom. The van der Waals surface area contributed by atoms with Crippen LogP contribution in [0.5, 0.6) is 0 Å². The summed E-state index contributed by atoms with van der Waals surface area (Å²) in [6, 6.07) is 11.3. The number of aromatic carboxylic acids is 1. The molecule has 0 saturated carbocycles. The molecule has 0 bridgehead atoms. The SMILES string of the molecule is NCC(=O)N(c1cccc(F)c1)c1ccccc1C(=O)O. The van der Waals surface area contributed by atoms with E-state index in [2.05, 4.69) is 0 Å². The van der Waals surface area contributed by atoms with Crippen LogP contribution >= 0.6 is 0 Å². The molecule has 0 aromatic heterocycles. The third-order valence-corrected chi connectivity index (χ3v) is 2.87. The highest BCUT2D eigenvalue weighted by molar-refractivity contribution is 6.07. The van der Waals surface area contributed by atoms with Gasteiger partial charge in [-0.3, -0.25) is 9.69 Å². The molecule has 0 saturated heterocycles. The van der Waals surface area contributed by atoms with Gasteiger partial charge in [0.1, 0.15) is 5.82 Å². The zero-order valence-electron chi connectivity index (χ0n) is 11.0. The lowest BCUT2D eigenvalue weighted by Gasteiger charge is -2.24. The van der Waals surface area contributed by atoms with Gasteiger partial charge >= 0.3 is 5.97 Å². The number of hydrogen-bond acceptors (Lipinski definition) is 3. The Kier molecular flexibility index (Phi) is 4.30. The topological polar surface area (TPSA) is 83.6 Å². The maximum atomic E-state index is 13.4. The average Bonchev–Trinajstić information content (AvgIpc) is 2.47. The van der Waals surface area contributed by atoms with E-state index in [-0.39, 0.29) is 23.5 Å². The van der Waals surface area contributed by atoms with Crippen molar-refractivity contribution in [3.05, 3.63) is 59.9 Å². The van der Waals surface area contributed by atoms with Crippen LogP contribution in [0.1, 0.15) is 10.4 Å². The van der Waals surface area contributed by atoms with Crippen molar-refractivity contribution >= 4 is 23.3 Å². The van der Waals surface area contributed by atoms with E-state index < -0.39 is 17.7 Å². The van der Waals surface area contributed by atoms with Crippen molar-refractivity contribution in [2.24, 2.45) is 5.73 Å². The van der Waals surface area contributed by atoms with Gasteiger partial charge in [-0.1, -0.05) is 18.2 Å². The molecule has 108 valence electrons. The predicted octanol–water partition coefficient (Wildman–Crippen LogP) is 2.15. The van der Waals surface area contributed by atoms with Gasteiger partial charge in [0.25, 0.3) is 0 Å². The van der Waals surface area contributed by atoms with Crippen LogP contribution in [0.4, 0.5) is 15.8 Å². The first-order chi connectivity index (χ1) is 10.0. The summed E-state index contributed by atoms with van der Waals surface area (Å²) in [5, 5.41) is 9.23. The molecule has 0 aliphatic carbocycles. The van der Waals surface area contributed by atoms with E-state index in [1.807, 2.05) is 0 Å². The number of hydrogen-bond donors (Lipinski definition) is 2. The molecular weight excluding hydrogens is 275 g/mol. The largest absolute Gasteiger partial charge is 0.478 e. The standard InChI is InChI=1S/C15H13FN2O3/c16-10-4-3-5-11(8-10)18(14(19)9-17)13-7-2-1-6-12(13)15(20)21/h1-8H,9,17H2,(H,20,21). The molecule has 6 heteroatoms. The zero-order valence-corrected chi connectivity index (χ0v) is 11.0. The molecule has 2 aromatic carbocycles. The van der Waals surface area contributed by atoms with Crippen LogP contribution in [-0.2, 0) is 4.79 Å². The Hall–Kier alpha value is -2.73. The first-order valence-corrected chi connectivity index (χ1v) is 6.15. The van der Waals surface area contributed by atoms with Crippen LogP contribution in [0.25, 0.3) is 0 Å². The number of nitrogens with two attached hydrogens (primary N) is 1. The van der Waals surface area contributed by atoms with Gasteiger partial charge in [-0.15, -0.1) is 0 Å². The molecule has 0 unspecified atom stereocenters. The van der Waals surface area contributed by atoms with Gasteiger partial charge in [-0.25, -0.2) is 9.18 Å². The molecule has 2 rings (SSSR count). The van der Waals surface area contributed by atoms with Crippen LogP contribution in [-0.4, -0.2) is 23.5 Å². The second-order valence-corrected chi connectivity index (χ2v) is 4.24. The number of anilines is 2. The lowest BCUT2D eigenvalue weighted by Crippen LogP contribution is -2.33. The highest BCUT2D eigenvalue weighted by Crippen LogP contribution is 2.29. The Morgan fingerprint density at radius 2 is 1.86 bits per heavy atom. The fourth-order valence-corrected chi connectivity index (χ4v) is 1.97. The van der Waals surface area contributed by atoms with Crippen molar-refractivity contribution in [3.8, 4) is 0 Å². The van der Waals surface area contributed by atoms with E-state index >= 15 is 0 Å². The third kappa shape index (κ3) is 3.06. The fourth-order valence-electron chi connectivity index (χ4n) is 1.97. The minimum atomic E-state index is -1.18. The summed E-state index contributed by atoms with van der Waals surface area (Å²) in [6.07, 6.45) is 0. The number of carbonyl (C=O) groups excluding carboxylic acids is 1. The number of rotatable bonds is 4. The Morgan fingerprint density at radius 1 is 1.14 bits per heavy atom. The smallest absolute Gasteiger partial charge is 0.337 e. The van der Waals surface area contributed by atoms with Crippen molar-refractivity contribution < 1.29 is 19.1 Å². The molecule has 0 aliphatic heterocycles. The van der Waals surface area contributed by atoms with Crippen molar-refractivity contribution in [2.75, 3.05) is 11.4 Å². The maximum absolute atomic E-state index is 13.4. The highest BCUT2D eigenvalue weighted by atomic mass is 19.1. The summed E-state index contributed by atoms with van der Waals surface area (Å²) in [5.41, 5.74) is 5.68. The summed E-state index contributed by atoms with van der Waals surface area (Å²) < 4.78 is 13.4. The van der Waals surface area contributed by atoms with Crippen molar-refractivity contribution in [2.45, 2.75) is 0 Å². The third-order valence-electron chi connectivity index (χ3n) is 2.87. The van der Waals surface area contributed by atoms with Gasteiger partial charge in [0.15, 0.2) is 0 Å². The maximum Gasteiger partial charge on any atom is 0.337 e. The summed E-state index contributed by atoms with van der Waals surface area (Å²) in [5.74, 6) is -2.25. The van der Waals surface area contributed by atoms with Gasteiger partial charge in [-0.05, 0) is 30.3 Å². The summed E-state index contributed by atoms with van der Waals surface area (Å²) in [4.78, 5) is 24.5. The Labute approximate surface area is 120 Å². The molecular formula is C15H13FN2O3. The minimum absolute atomic E-state index is 0.0661. The number of benzene rings is 2. The molecule has 0 radical (unpaired) electrons. The first-order valence-electron chi connectivity index (χ1n) is 6.15. The van der Waals surface area contributed by atoms with Crippen LogP contribution in [0, 0.1) is 5.82 Å². The molecule has 0 aliphatic rings. The molecule has 2 aromatic rings. The summed E-state index contributed by atoms with van der Waals surface area (Å²) in [7, 11) is 0. The Bertz CT molecular complexity index is 688. The van der Waals surface area contributed by atoms with Crippen molar-refractivity contribution in [1.82, 2.24) is 0 Å². The van der Waals surface area contributed by atoms with Crippen LogP contribution in [0.3, 0.4) is 0 Å². The quantitative estimate of drug-likeness (QED) is 0.903. The molecule has 0 spiro atoms. The van der Waals surface area contributed by atoms with Gasteiger partial charge in [0, 0.05) is 0 Å². The van der Waals surface area contributed by atoms with E-state index in [9.17, 15) is 19.1 Å². The first kappa shape index (κ1) is 14.7. The van der Waals surface area contributed by atoms with Crippen LogP contribution in [0.15, 0.2) is 48.5 Å². The molecule has 5 nitrogen and oxygen atoms in total. The van der Waals surface area contributed by atoms with E-state index in [0.29, 0.717) is 0 Å². The van der Waals surface area contributed by atoms with E-state index in [0.717, 1.165) is 11.0 Å². The zero-order chi connectivity index (χ0) is 15.4. The molecule has 0 atom stereocenters.